The topological polar surface area (TPSA) is 147 Å². The molecule has 0 aliphatic carbocycles. The highest BCUT2D eigenvalue weighted by molar-refractivity contribution is 6.83. The molecule has 35 heavy (non-hydrogen) atoms. The van der Waals surface area contributed by atoms with Crippen molar-refractivity contribution >= 4 is 34.2 Å². The molecule has 2 fully saturated rings. The maximum absolute atomic E-state index is 12.3. The zero-order chi connectivity index (χ0) is 25.9. The summed E-state index contributed by atoms with van der Waals surface area (Å²) in [6.45, 7) is 17.4. The van der Waals surface area contributed by atoms with Gasteiger partial charge >= 0.3 is 17.1 Å². The molecular weight excluding hydrogens is 486 g/mol. The van der Waals surface area contributed by atoms with Crippen LogP contribution in [0.25, 0.3) is 11.2 Å². The van der Waals surface area contributed by atoms with Crippen LogP contribution in [0.1, 0.15) is 61.6 Å². The zero-order valence-electron chi connectivity index (χ0n) is 21.8. The van der Waals surface area contributed by atoms with Crippen molar-refractivity contribution in [3.63, 3.8) is 0 Å². The van der Waals surface area contributed by atoms with Gasteiger partial charge in [-0.1, -0.05) is 55.4 Å². The second kappa shape index (κ2) is 9.36. The zero-order valence-corrected chi connectivity index (χ0v) is 23.8. The number of ether oxygens (including phenoxy) is 1. The lowest BCUT2D eigenvalue weighted by atomic mass is 10.1. The first-order chi connectivity index (χ1) is 16.3. The number of H-pyrrole nitrogens is 1. The number of rotatable bonds is 5. The lowest BCUT2D eigenvalue weighted by Crippen LogP contribution is -2.65. The maximum atomic E-state index is 12.3. The summed E-state index contributed by atoms with van der Waals surface area (Å²) >= 11 is 0. The monoisotopic (exact) mass is 525 g/mol. The minimum Gasteiger partial charge on any atom is -0.414 e. The molecule has 196 valence electrons. The molecule has 0 amide bonds. The molecular formula is C22H39N5O6Si2. The molecule has 4 N–H and O–H groups in total. The number of aliphatic hydroxyl groups is 1. The van der Waals surface area contributed by atoms with E-state index in [4.69, 9.17) is 23.4 Å². The Bertz CT molecular complexity index is 1100. The highest BCUT2D eigenvalue weighted by Crippen LogP contribution is 2.48. The van der Waals surface area contributed by atoms with Crippen LogP contribution in [0.3, 0.4) is 0 Å². The third-order valence-electron chi connectivity index (χ3n) is 7.37. The van der Waals surface area contributed by atoms with Crippen LogP contribution in [0.4, 0.5) is 5.95 Å². The van der Waals surface area contributed by atoms with Crippen molar-refractivity contribution in [1.82, 2.24) is 19.5 Å². The minimum atomic E-state index is -2.91. The number of hydrogen-bond acceptors (Lipinski definition) is 9. The Hall–Kier alpha value is -1.62. The molecule has 2 aromatic heterocycles. The van der Waals surface area contributed by atoms with Crippen molar-refractivity contribution < 1.29 is 22.8 Å². The number of nitrogen functional groups attached to an aromatic ring is 1. The van der Waals surface area contributed by atoms with Crippen molar-refractivity contribution in [1.29, 1.82) is 0 Å². The van der Waals surface area contributed by atoms with E-state index in [-0.39, 0.29) is 45.9 Å². The van der Waals surface area contributed by atoms with Crippen LogP contribution in [0, 0.1) is 0 Å². The average Bonchev–Trinajstić information content (AvgIpc) is 3.28. The van der Waals surface area contributed by atoms with E-state index >= 15 is 0 Å². The molecule has 0 radical (unpaired) electrons. The Morgan fingerprint density at radius 2 is 1.69 bits per heavy atom. The lowest BCUT2D eigenvalue weighted by Gasteiger charge is -2.51. The van der Waals surface area contributed by atoms with Gasteiger partial charge in [-0.15, -0.1) is 0 Å². The number of aromatic nitrogens is 4. The van der Waals surface area contributed by atoms with Crippen LogP contribution in [-0.4, -0.2) is 66.7 Å². The standard InChI is InChI=1S/C22H39N5O6Si2/c1-11(2)34(12(3)4)30-9-15-18(32-35(33-34,13(5)6)14(7)8)17(28)21(31-15)27-10-24-16-19(27)25-22(23)26-20(16)29/h10-15,17-18,21,28H,9H2,1-8H3,(H3,23,25,26,29)/t15-,17+,18?,21-/m1/s1. The summed E-state index contributed by atoms with van der Waals surface area (Å²) in [5, 5.41) is 11.5. The van der Waals surface area contributed by atoms with Gasteiger partial charge in [0.1, 0.15) is 18.3 Å². The molecule has 2 saturated heterocycles. The van der Waals surface area contributed by atoms with Crippen LogP contribution in [0.2, 0.25) is 22.2 Å². The Kier molecular flexibility index (Phi) is 7.07. The fourth-order valence-electron chi connectivity index (χ4n) is 5.50. The normalized spacial score (nSPS) is 28.7. The predicted molar refractivity (Wildman–Crippen MR) is 136 cm³/mol. The van der Waals surface area contributed by atoms with E-state index in [2.05, 4.69) is 70.3 Å². The molecule has 2 aliphatic rings. The van der Waals surface area contributed by atoms with Gasteiger partial charge in [-0.3, -0.25) is 14.3 Å². The maximum Gasteiger partial charge on any atom is 0.335 e. The second-order valence-electron chi connectivity index (χ2n) is 10.9. The van der Waals surface area contributed by atoms with Crippen molar-refractivity contribution in [2.24, 2.45) is 0 Å². The molecule has 2 aromatic rings. The van der Waals surface area contributed by atoms with Gasteiger partial charge in [0, 0.05) is 0 Å². The van der Waals surface area contributed by atoms with E-state index in [9.17, 15) is 9.90 Å². The number of hydrogen-bond donors (Lipinski definition) is 3. The summed E-state index contributed by atoms with van der Waals surface area (Å²) in [7, 11) is -5.64. The van der Waals surface area contributed by atoms with Crippen LogP contribution in [0.15, 0.2) is 11.1 Å². The molecule has 0 saturated carbocycles. The minimum absolute atomic E-state index is 0.0357. The first-order valence-corrected chi connectivity index (χ1v) is 16.4. The van der Waals surface area contributed by atoms with E-state index in [1.807, 2.05) is 0 Å². The summed E-state index contributed by atoms with van der Waals surface area (Å²) in [6.07, 6.45) is -1.67. The Morgan fingerprint density at radius 3 is 2.26 bits per heavy atom. The predicted octanol–water partition coefficient (Wildman–Crippen LogP) is 2.92. The molecule has 11 nitrogen and oxygen atoms in total. The molecule has 0 spiro atoms. The highest BCUT2D eigenvalue weighted by atomic mass is 28.5. The van der Waals surface area contributed by atoms with Crippen molar-refractivity contribution in [3.05, 3.63) is 16.7 Å². The summed E-state index contributed by atoms with van der Waals surface area (Å²) in [4.78, 5) is 23.1. The SMILES string of the molecule is CC(C)[Si]1(C(C)C)OC[C@H]2O[C@@H](n3cnc4c(=O)[nH]c(N)nc43)[C@@H](O)C2O[Si](C(C)C)(C(C)C)O1. The number of anilines is 1. The van der Waals surface area contributed by atoms with Gasteiger partial charge in [0.25, 0.3) is 5.56 Å². The number of imidazole rings is 1. The Morgan fingerprint density at radius 1 is 1.09 bits per heavy atom. The smallest absolute Gasteiger partial charge is 0.335 e. The average molecular weight is 526 g/mol. The van der Waals surface area contributed by atoms with Gasteiger partial charge in [0.2, 0.25) is 5.95 Å². The fourth-order valence-corrected chi connectivity index (χ4v) is 16.7. The van der Waals surface area contributed by atoms with E-state index in [1.54, 1.807) is 4.57 Å². The van der Waals surface area contributed by atoms with Crippen molar-refractivity contribution in [2.45, 2.75) is 102 Å². The molecule has 4 heterocycles. The number of aromatic amines is 1. The van der Waals surface area contributed by atoms with Gasteiger partial charge in [0.05, 0.1) is 12.9 Å². The molecule has 4 rings (SSSR count). The third kappa shape index (κ3) is 4.20. The van der Waals surface area contributed by atoms with Crippen LogP contribution in [-0.2, 0) is 17.7 Å². The van der Waals surface area contributed by atoms with Gasteiger partial charge in [-0.2, -0.15) is 4.98 Å². The first kappa shape index (κ1) is 26.4. The van der Waals surface area contributed by atoms with Crippen LogP contribution >= 0.6 is 0 Å². The largest absolute Gasteiger partial charge is 0.414 e. The molecule has 2 aliphatic heterocycles. The lowest BCUT2D eigenvalue weighted by molar-refractivity contribution is -0.0570. The van der Waals surface area contributed by atoms with Crippen LogP contribution < -0.4 is 11.3 Å². The van der Waals surface area contributed by atoms with Crippen molar-refractivity contribution in [3.8, 4) is 0 Å². The highest BCUT2D eigenvalue weighted by Gasteiger charge is 2.61. The Labute approximate surface area is 207 Å². The van der Waals surface area contributed by atoms with Crippen molar-refractivity contribution in [2.75, 3.05) is 12.3 Å². The summed E-state index contributed by atoms with van der Waals surface area (Å²) < 4.78 is 28.7. The molecule has 13 heteroatoms. The van der Waals surface area contributed by atoms with Gasteiger partial charge in [0.15, 0.2) is 17.4 Å². The number of aliphatic hydroxyl groups excluding tert-OH is 1. The summed E-state index contributed by atoms with van der Waals surface area (Å²) in [5.74, 6) is -0.0357. The fraction of sp³-hybridized carbons (Fsp3) is 0.773. The van der Waals surface area contributed by atoms with E-state index in [0.717, 1.165) is 0 Å². The van der Waals surface area contributed by atoms with E-state index in [1.165, 1.54) is 6.33 Å². The first-order valence-electron chi connectivity index (χ1n) is 12.4. The quantitative estimate of drug-likeness (QED) is 0.501. The third-order valence-corrected chi connectivity index (χ3v) is 17.6. The number of nitrogens with one attached hydrogen (secondary N) is 1. The Balaban J connectivity index is 1.79. The number of nitrogens with two attached hydrogens (primary N) is 1. The molecule has 1 unspecified atom stereocenters. The van der Waals surface area contributed by atoms with Gasteiger partial charge in [-0.05, 0) is 22.2 Å². The van der Waals surface area contributed by atoms with Crippen LogP contribution in [0.5, 0.6) is 0 Å². The van der Waals surface area contributed by atoms with Gasteiger partial charge < -0.3 is 28.5 Å². The summed E-state index contributed by atoms with van der Waals surface area (Å²) in [6, 6.07) is 0. The van der Waals surface area contributed by atoms with E-state index in [0.29, 0.717) is 0 Å². The second-order valence-corrected chi connectivity index (χ2v) is 19.7. The molecule has 0 bridgehead atoms. The summed E-state index contributed by atoms with van der Waals surface area (Å²) in [5.41, 5.74) is 6.33. The van der Waals surface area contributed by atoms with Gasteiger partial charge in [-0.25, -0.2) is 4.98 Å². The molecule has 0 aromatic carbocycles. The molecule has 4 atom stereocenters. The number of fused-ring (bicyclic) bond motifs is 2. The van der Waals surface area contributed by atoms with E-state index < -0.39 is 47.2 Å². The number of nitrogens with zero attached hydrogens (tertiary/aromatic N) is 3.